The van der Waals surface area contributed by atoms with Gasteiger partial charge in [0.15, 0.2) is 0 Å². The second-order valence-electron chi connectivity index (χ2n) is 5.11. The minimum atomic E-state index is -4.25. The van der Waals surface area contributed by atoms with E-state index in [0.29, 0.717) is 0 Å². The van der Waals surface area contributed by atoms with Crippen LogP contribution in [0.3, 0.4) is 0 Å². The maximum absolute atomic E-state index is 11.6. The molecular weight excluding hydrogens is 302 g/mol. The molecule has 21 heavy (non-hydrogen) atoms. The Hall–Kier alpha value is -2.20. The number of sulfonamides is 1. The van der Waals surface area contributed by atoms with Crippen LogP contribution in [0.4, 0.5) is 16.2 Å². The summed E-state index contributed by atoms with van der Waals surface area (Å²) in [5.74, 6) is 0. The van der Waals surface area contributed by atoms with Gasteiger partial charge in [0.1, 0.15) is 10.5 Å². The zero-order valence-corrected chi connectivity index (χ0v) is 12.4. The number of nitrogens with two attached hydrogens (primary N) is 1. The van der Waals surface area contributed by atoms with Crippen molar-refractivity contribution in [3.63, 3.8) is 0 Å². The number of benzene rings is 1. The van der Waals surface area contributed by atoms with E-state index in [-0.39, 0.29) is 5.69 Å². The number of ether oxygens (including phenoxy) is 1. The van der Waals surface area contributed by atoms with E-state index in [1.54, 1.807) is 20.8 Å². The van der Waals surface area contributed by atoms with E-state index in [0.717, 1.165) is 18.2 Å². The van der Waals surface area contributed by atoms with Crippen molar-refractivity contribution in [1.29, 1.82) is 0 Å². The third-order valence-electron chi connectivity index (χ3n) is 2.12. The van der Waals surface area contributed by atoms with Crippen LogP contribution in [0.2, 0.25) is 0 Å². The van der Waals surface area contributed by atoms with Gasteiger partial charge in [0, 0.05) is 12.1 Å². The summed E-state index contributed by atoms with van der Waals surface area (Å²) in [6.07, 6.45) is -0.902. The van der Waals surface area contributed by atoms with Gasteiger partial charge in [-0.3, -0.25) is 15.4 Å². The van der Waals surface area contributed by atoms with Crippen molar-refractivity contribution in [2.24, 2.45) is 5.14 Å². The van der Waals surface area contributed by atoms with Gasteiger partial charge in [-0.25, -0.2) is 18.4 Å². The highest BCUT2D eigenvalue weighted by Gasteiger charge is 2.22. The van der Waals surface area contributed by atoms with Crippen molar-refractivity contribution in [1.82, 2.24) is 0 Å². The van der Waals surface area contributed by atoms with E-state index < -0.39 is 37.2 Å². The molecule has 0 aromatic heterocycles. The van der Waals surface area contributed by atoms with Crippen molar-refractivity contribution in [3.8, 4) is 0 Å². The number of nitrogens with zero attached hydrogens (tertiary/aromatic N) is 1. The van der Waals surface area contributed by atoms with Crippen molar-refractivity contribution >= 4 is 27.5 Å². The fourth-order valence-corrected chi connectivity index (χ4v) is 2.09. The molecule has 0 bridgehead atoms. The lowest BCUT2D eigenvalue weighted by atomic mass is 10.2. The first-order valence-corrected chi connectivity index (χ1v) is 7.26. The van der Waals surface area contributed by atoms with E-state index in [9.17, 15) is 23.3 Å². The monoisotopic (exact) mass is 317 g/mol. The molecule has 0 aliphatic heterocycles. The molecule has 116 valence electrons. The Morgan fingerprint density at radius 1 is 1.38 bits per heavy atom. The van der Waals surface area contributed by atoms with Crippen LogP contribution in [0.5, 0.6) is 0 Å². The van der Waals surface area contributed by atoms with Gasteiger partial charge in [0.2, 0.25) is 10.0 Å². The largest absolute Gasteiger partial charge is 0.444 e. The molecule has 0 fully saturated rings. The predicted molar refractivity (Wildman–Crippen MR) is 74.3 cm³/mol. The molecule has 0 unspecified atom stereocenters. The normalized spacial score (nSPS) is 11.8. The van der Waals surface area contributed by atoms with Crippen LogP contribution in [0.25, 0.3) is 0 Å². The van der Waals surface area contributed by atoms with Gasteiger partial charge in [-0.15, -0.1) is 0 Å². The Bertz CT molecular complexity index is 678. The minimum absolute atomic E-state index is 0.197. The number of anilines is 1. The summed E-state index contributed by atoms with van der Waals surface area (Å²) in [7, 11) is -4.25. The topological polar surface area (TPSA) is 142 Å². The summed E-state index contributed by atoms with van der Waals surface area (Å²) in [6, 6.07) is 2.88. The summed E-state index contributed by atoms with van der Waals surface area (Å²) in [5.41, 5.74) is -1.45. The number of nitro groups is 1. The SMILES string of the molecule is CC(C)(C)OC(=O)Nc1ccc([N+](=O)[O-])cc1S(N)(=O)=O. The zero-order chi connectivity index (χ0) is 16.4. The molecule has 1 aromatic rings. The molecule has 0 saturated heterocycles. The van der Waals surface area contributed by atoms with E-state index in [4.69, 9.17) is 9.88 Å². The number of rotatable bonds is 3. The Morgan fingerprint density at radius 3 is 2.38 bits per heavy atom. The van der Waals surface area contributed by atoms with Gasteiger partial charge in [-0.1, -0.05) is 0 Å². The second kappa shape index (κ2) is 5.66. The van der Waals surface area contributed by atoms with Crippen molar-refractivity contribution in [2.75, 3.05) is 5.32 Å². The van der Waals surface area contributed by atoms with E-state index in [1.165, 1.54) is 0 Å². The lowest BCUT2D eigenvalue weighted by Gasteiger charge is -2.20. The van der Waals surface area contributed by atoms with Crippen LogP contribution < -0.4 is 10.5 Å². The van der Waals surface area contributed by atoms with E-state index >= 15 is 0 Å². The fraction of sp³-hybridized carbons (Fsp3) is 0.364. The van der Waals surface area contributed by atoms with Gasteiger partial charge in [-0.2, -0.15) is 0 Å². The summed E-state index contributed by atoms with van der Waals surface area (Å²) < 4.78 is 27.9. The lowest BCUT2D eigenvalue weighted by molar-refractivity contribution is -0.385. The van der Waals surface area contributed by atoms with Gasteiger partial charge < -0.3 is 4.74 Å². The average molecular weight is 317 g/mol. The molecule has 3 N–H and O–H groups in total. The first kappa shape index (κ1) is 16.9. The number of nitrogens with one attached hydrogen (secondary N) is 1. The Kier molecular flexibility index (Phi) is 4.54. The molecule has 0 atom stereocenters. The number of carbonyl (C=O) groups is 1. The smallest absolute Gasteiger partial charge is 0.412 e. The van der Waals surface area contributed by atoms with Crippen LogP contribution in [0, 0.1) is 10.1 Å². The Balaban J connectivity index is 3.19. The van der Waals surface area contributed by atoms with Gasteiger partial charge in [0.05, 0.1) is 10.6 Å². The highest BCUT2D eigenvalue weighted by molar-refractivity contribution is 7.89. The third-order valence-corrected chi connectivity index (χ3v) is 3.07. The minimum Gasteiger partial charge on any atom is -0.444 e. The number of carbonyl (C=O) groups excluding carboxylic acids is 1. The molecule has 1 aromatic carbocycles. The standard InChI is InChI=1S/C11H15N3O6S/c1-11(2,3)20-10(15)13-8-5-4-7(14(16)17)6-9(8)21(12,18)19/h4-6H,1-3H3,(H,13,15)(H2,12,18,19). The molecule has 0 aliphatic carbocycles. The van der Waals surface area contributed by atoms with E-state index in [1.807, 2.05) is 0 Å². The van der Waals surface area contributed by atoms with Gasteiger partial charge in [-0.05, 0) is 26.8 Å². The molecule has 10 heteroatoms. The second-order valence-corrected chi connectivity index (χ2v) is 6.64. The fourth-order valence-electron chi connectivity index (χ4n) is 1.38. The van der Waals surface area contributed by atoms with Crippen molar-refractivity contribution in [3.05, 3.63) is 28.3 Å². The molecule has 0 heterocycles. The predicted octanol–water partition coefficient (Wildman–Crippen LogP) is 1.59. The van der Waals surface area contributed by atoms with Gasteiger partial charge in [0.25, 0.3) is 5.69 Å². The summed E-state index contributed by atoms with van der Waals surface area (Å²) in [4.78, 5) is 20.9. The van der Waals surface area contributed by atoms with Crippen molar-refractivity contribution < 1.29 is 22.9 Å². The molecule has 9 nitrogen and oxygen atoms in total. The van der Waals surface area contributed by atoms with E-state index in [2.05, 4.69) is 5.32 Å². The number of nitro benzene ring substituents is 1. The quantitative estimate of drug-likeness (QED) is 0.640. The van der Waals surface area contributed by atoms with Crippen molar-refractivity contribution in [2.45, 2.75) is 31.3 Å². The zero-order valence-electron chi connectivity index (χ0n) is 11.6. The number of amides is 1. The molecule has 1 amide bonds. The number of non-ortho nitro benzene ring substituents is 1. The van der Waals surface area contributed by atoms with Crippen LogP contribution in [0.15, 0.2) is 23.1 Å². The first-order valence-electron chi connectivity index (χ1n) is 5.71. The van der Waals surface area contributed by atoms with Crippen LogP contribution in [0.1, 0.15) is 20.8 Å². The molecule has 0 aliphatic rings. The number of hydrogen-bond donors (Lipinski definition) is 2. The molecular formula is C11H15N3O6S. The maximum Gasteiger partial charge on any atom is 0.412 e. The van der Waals surface area contributed by atoms with Crippen LogP contribution in [-0.2, 0) is 14.8 Å². The van der Waals surface area contributed by atoms with Crippen LogP contribution in [-0.4, -0.2) is 25.0 Å². The molecule has 0 spiro atoms. The highest BCUT2D eigenvalue weighted by atomic mass is 32.2. The summed E-state index contributed by atoms with van der Waals surface area (Å²) in [5, 5.41) is 17.8. The molecule has 0 radical (unpaired) electrons. The Labute approximate surface area is 121 Å². The summed E-state index contributed by atoms with van der Waals surface area (Å²) >= 11 is 0. The number of primary sulfonamides is 1. The third kappa shape index (κ3) is 5.00. The van der Waals surface area contributed by atoms with Crippen LogP contribution >= 0.6 is 0 Å². The number of hydrogen-bond acceptors (Lipinski definition) is 6. The van der Waals surface area contributed by atoms with Gasteiger partial charge >= 0.3 is 6.09 Å². The molecule has 0 saturated carbocycles. The summed E-state index contributed by atoms with van der Waals surface area (Å²) in [6.45, 7) is 4.88. The Morgan fingerprint density at radius 2 is 1.95 bits per heavy atom. The first-order chi connectivity index (χ1) is 9.40. The average Bonchev–Trinajstić information content (AvgIpc) is 2.24. The lowest BCUT2D eigenvalue weighted by Crippen LogP contribution is -2.28. The highest BCUT2D eigenvalue weighted by Crippen LogP contribution is 2.26. The maximum atomic E-state index is 11.6. The molecule has 1 rings (SSSR count).